The number of amides is 2. The Kier molecular flexibility index (Phi) is 4.05. The molecule has 2 N–H and O–H groups in total. The number of nitrogens with one attached hydrogen (secondary N) is 2. The Balaban J connectivity index is 1.51. The van der Waals surface area contributed by atoms with Crippen LogP contribution in [0.5, 0.6) is 0 Å². The van der Waals surface area contributed by atoms with Gasteiger partial charge in [0.25, 0.3) is 0 Å². The number of aromatic nitrogens is 2. The lowest BCUT2D eigenvalue weighted by Gasteiger charge is -2.07. The van der Waals surface area contributed by atoms with Crippen molar-refractivity contribution >= 4 is 17.4 Å². The van der Waals surface area contributed by atoms with Gasteiger partial charge >= 0.3 is 6.03 Å². The quantitative estimate of drug-likeness (QED) is 0.777. The van der Waals surface area contributed by atoms with Crippen molar-refractivity contribution in [2.24, 2.45) is 0 Å². The molecule has 0 bridgehead atoms. The molecule has 112 valence electrons. The fraction of sp³-hybridized carbons (Fsp3) is 0.176. The number of urea groups is 1. The van der Waals surface area contributed by atoms with E-state index < -0.39 is 0 Å². The first-order valence-electron chi connectivity index (χ1n) is 7.25. The minimum Gasteiger partial charge on any atom is -0.337 e. The number of carbonyl (C=O) groups excluding carboxylic acids is 1. The normalized spacial score (nSPS) is 10.6. The zero-order chi connectivity index (χ0) is 15.4. The summed E-state index contributed by atoms with van der Waals surface area (Å²) in [7, 11) is 0. The van der Waals surface area contributed by atoms with Gasteiger partial charge in [-0.25, -0.2) is 9.78 Å². The number of nitrogens with zero attached hydrogens (tertiary/aromatic N) is 2. The molecule has 22 heavy (non-hydrogen) atoms. The molecule has 0 spiro atoms. The maximum absolute atomic E-state index is 11.8. The van der Waals surface area contributed by atoms with Crippen molar-refractivity contribution < 1.29 is 4.79 Å². The van der Waals surface area contributed by atoms with Crippen LogP contribution in [0.4, 0.5) is 10.5 Å². The molecule has 1 aromatic carbocycles. The summed E-state index contributed by atoms with van der Waals surface area (Å²) < 4.78 is 1.97. The van der Waals surface area contributed by atoms with E-state index in [1.54, 1.807) is 0 Å². The lowest BCUT2D eigenvalue weighted by atomic mass is 10.2. The van der Waals surface area contributed by atoms with Gasteiger partial charge < -0.3 is 15.0 Å². The Morgan fingerprint density at radius 2 is 2.14 bits per heavy atom. The largest absolute Gasteiger partial charge is 0.337 e. The number of aryl methyl sites for hydroxylation is 1. The van der Waals surface area contributed by atoms with Crippen molar-refractivity contribution in [3.63, 3.8) is 0 Å². The SMILES string of the molecule is Cc1cccc(NC(=O)NCCc2cn3ccccc3n2)c1. The summed E-state index contributed by atoms with van der Waals surface area (Å²) in [6, 6.07) is 13.4. The lowest BCUT2D eigenvalue weighted by Crippen LogP contribution is -2.30. The molecule has 5 nitrogen and oxygen atoms in total. The van der Waals surface area contributed by atoms with Gasteiger partial charge in [0.1, 0.15) is 5.65 Å². The van der Waals surface area contributed by atoms with E-state index in [1.165, 1.54) is 0 Å². The van der Waals surface area contributed by atoms with Crippen molar-refractivity contribution in [3.05, 3.63) is 66.1 Å². The Bertz CT molecular complexity index is 761. The van der Waals surface area contributed by atoms with Crippen LogP contribution in [0.3, 0.4) is 0 Å². The van der Waals surface area contributed by atoms with Crippen LogP contribution in [0.1, 0.15) is 11.3 Å². The van der Waals surface area contributed by atoms with Gasteiger partial charge in [0.2, 0.25) is 0 Å². The van der Waals surface area contributed by atoms with E-state index in [2.05, 4.69) is 15.6 Å². The highest BCUT2D eigenvalue weighted by atomic mass is 16.2. The zero-order valence-corrected chi connectivity index (χ0v) is 12.4. The monoisotopic (exact) mass is 294 g/mol. The van der Waals surface area contributed by atoms with Crippen LogP contribution >= 0.6 is 0 Å². The van der Waals surface area contributed by atoms with Crippen LogP contribution < -0.4 is 10.6 Å². The zero-order valence-electron chi connectivity index (χ0n) is 12.4. The van der Waals surface area contributed by atoms with Crippen LogP contribution in [0, 0.1) is 6.92 Å². The minimum atomic E-state index is -0.200. The predicted octanol–water partition coefficient (Wildman–Crippen LogP) is 3.01. The predicted molar refractivity (Wildman–Crippen MR) is 87.1 cm³/mol. The van der Waals surface area contributed by atoms with Gasteiger partial charge in [-0.1, -0.05) is 18.2 Å². The minimum absolute atomic E-state index is 0.200. The third kappa shape index (κ3) is 3.44. The topological polar surface area (TPSA) is 58.4 Å². The Hall–Kier alpha value is -2.82. The number of fused-ring (bicyclic) bond motifs is 1. The summed E-state index contributed by atoms with van der Waals surface area (Å²) in [5, 5.41) is 5.66. The lowest BCUT2D eigenvalue weighted by molar-refractivity contribution is 0.252. The number of pyridine rings is 1. The molecule has 0 aliphatic heterocycles. The molecule has 0 radical (unpaired) electrons. The van der Waals surface area contributed by atoms with Gasteiger partial charge in [0.15, 0.2) is 0 Å². The third-order valence-electron chi connectivity index (χ3n) is 3.36. The van der Waals surface area contributed by atoms with E-state index in [0.29, 0.717) is 13.0 Å². The highest BCUT2D eigenvalue weighted by Crippen LogP contribution is 2.09. The number of imidazole rings is 1. The molecule has 0 fully saturated rings. The smallest absolute Gasteiger partial charge is 0.319 e. The van der Waals surface area contributed by atoms with Crippen molar-refractivity contribution in [2.45, 2.75) is 13.3 Å². The fourth-order valence-electron chi connectivity index (χ4n) is 2.31. The van der Waals surface area contributed by atoms with Gasteiger partial charge in [-0.3, -0.25) is 0 Å². The summed E-state index contributed by atoms with van der Waals surface area (Å²) in [6.07, 6.45) is 4.64. The van der Waals surface area contributed by atoms with E-state index in [0.717, 1.165) is 22.6 Å². The molecule has 5 heteroatoms. The summed E-state index contributed by atoms with van der Waals surface area (Å²) in [5.74, 6) is 0. The maximum Gasteiger partial charge on any atom is 0.319 e. The Morgan fingerprint density at radius 3 is 2.95 bits per heavy atom. The van der Waals surface area contributed by atoms with Gasteiger partial charge in [0.05, 0.1) is 5.69 Å². The molecule has 0 saturated carbocycles. The van der Waals surface area contributed by atoms with Crippen molar-refractivity contribution in [1.82, 2.24) is 14.7 Å². The van der Waals surface area contributed by atoms with Crippen molar-refractivity contribution in [3.8, 4) is 0 Å². The van der Waals surface area contributed by atoms with Crippen LogP contribution in [0.15, 0.2) is 54.9 Å². The molecular weight excluding hydrogens is 276 g/mol. The second kappa shape index (κ2) is 6.30. The summed E-state index contributed by atoms with van der Waals surface area (Å²) >= 11 is 0. The number of benzene rings is 1. The highest BCUT2D eigenvalue weighted by Gasteiger charge is 2.04. The standard InChI is InChI=1S/C17H18N4O/c1-13-5-4-6-14(11-13)20-17(22)18-9-8-15-12-21-10-3-2-7-16(21)19-15/h2-7,10-12H,8-9H2,1H3,(H2,18,20,22). The van der Waals surface area contributed by atoms with Crippen LogP contribution in [0.25, 0.3) is 5.65 Å². The van der Waals surface area contributed by atoms with Gasteiger partial charge in [0, 0.05) is 31.0 Å². The molecule has 0 aliphatic rings. The molecule has 3 rings (SSSR count). The molecule has 0 atom stereocenters. The molecule has 2 heterocycles. The first kappa shape index (κ1) is 14.1. The number of carbonyl (C=O) groups is 1. The number of hydrogen-bond acceptors (Lipinski definition) is 2. The second-order valence-corrected chi connectivity index (χ2v) is 5.20. The molecular formula is C17H18N4O. The van der Waals surface area contributed by atoms with Crippen LogP contribution in [0.2, 0.25) is 0 Å². The molecule has 2 amide bonds. The molecule has 0 saturated heterocycles. The average Bonchev–Trinajstić information content (AvgIpc) is 2.90. The van der Waals surface area contributed by atoms with Gasteiger partial charge in [-0.15, -0.1) is 0 Å². The first-order chi connectivity index (χ1) is 10.7. The molecule has 3 aromatic rings. The van der Waals surface area contributed by atoms with E-state index in [-0.39, 0.29) is 6.03 Å². The fourth-order valence-corrected chi connectivity index (χ4v) is 2.31. The van der Waals surface area contributed by atoms with Gasteiger partial charge in [-0.2, -0.15) is 0 Å². The average molecular weight is 294 g/mol. The van der Waals surface area contributed by atoms with E-state index in [1.807, 2.05) is 66.2 Å². The Morgan fingerprint density at radius 1 is 1.23 bits per heavy atom. The second-order valence-electron chi connectivity index (χ2n) is 5.20. The number of rotatable bonds is 4. The van der Waals surface area contributed by atoms with Crippen molar-refractivity contribution in [1.29, 1.82) is 0 Å². The van der Waals surface area contributed by atoms with Crippen LogP contribution in [-0.2, 0) is 6.42 Å². The molecule has 0 aliphatic carbocycles. The molecule has 2 aromatic heterocycles. The molecule has 0 unspecified atom stereocenters. The van der Waals surface area contributed by atoms with E-state index >= 15 is 0 Å². The van der Waals surface area contributed by atoms with E-state index in [9.17, 15) is 4.79 Å². The van der Waals surface area contributed by atoms with Crippen molar-refractivity contribution in [2.75, 3.05) is 11.9 Å². The van der Waals surface area contributed by atoms with Gasteiger partial charge in [-0.05, 0) is 36.8 Å². The summed E-state index contributed by atoms with van der Waals surface area (Å²) in [4.78, 5) is 16.3. The highest BCUT2D eigenvalue weighted by molar-refractivity contribution is 5.89. The maximum atomic E-state index is 11.8. The third-order valence-corrected chi connectivity index (χ3v) is 3.36. The number of anilines is 1. The summed E-state index contributed by atoms with van der Waals surface area (Å²) in [6.45, 7) is 2.54. The van der Waals surface area contributed by atoms with Crippen LogP contribution in [-0.4, -0.2) is 22.0 Å². The Labute approximate surface area is 129 Å². The summed E-state index contributed by atoms with van der Waals surface area (Å²) in [5.41, 5.74) is 3.79. The first-order valence-corrected chi connectivity index (χ1v) is 7.25. The van der Waals surface area contributed by atoms with E-state index in [4.69, 9.17) is 0 Å². The number of hydrogen-bond donors (Lipinski definition) is 2.